The first-order valence-corrected chi connectivity index (χ1v) is 9.11. The molecule has 6 heteroatoms. The lowest BCUT2D eigenvalue weighted by molar-refractivity contribution is -0.157. The SMILES string of the molecule is C[C@@H](C(=O)OCC(=O)c1ccccc1)N1C(=O)[C@H]2[C@H]3CC[C@@H](C3)[C@@H]2C1=O. The second-order valence-corrected chi connectivity index (χ2v) is 7.50. The smallest absolute Gasteiger partial charge is 0.329 e. The van der Waals surface area contributed by atoms with Crippen LogP contribution in [0.1, 0.15) is 36.5 Å². The van der Waals surface area contributed by atoms with Crippen LogP contribution in [-0.2, 0) is 19.1 Å². The summed E-state index contributed by atoms with van der Waals surface area (Å²) in [6.07, 6.45) is 2.93. The monoisotopic (exact) mass is 355 g/mol. The highest BCUT2D eigenvalue weighted by atomic mass is 16.5. The number of fused-ring (bicyclic) bond motifs is 5. The number of benzene rings is 1. The molecule has 3 aliphatic rings. The summed E-state index contributed by atoms with van der Waals surface area (Å²) >= 11 is 0. The Kier molecular flexibility index (Phi) is 4.13. The minimum absolute atomic E-state index is 0.244. The number of Topliss-reactive ketones (excluding diaryl/α,β-unsaturated/α-hetero) is 1. The van der Waals surface area contributed by atoms with Crippen LogP contribution in [0.4, 0.5) is 0 Å². The maximum Gasteiger partial charge on any atom is 0.329 e. The fourth-order valence-electron chi connectivity index (χ4n) is 4.88. The first-order valence-electron chi connectivity index (χ1n) is 9.11. The van der Waals surface area contributed by atoms with Crippen LogP contribution < -0.4 is 0 Å². The molecule has 1 aromatic carbocycles. The average Bonchev–Trinajstić information content (AvgIpc) is 3.33. The molecule has 26 heavy (non-hydrogen) atoms. The molecule has 2 aliphatic carbocycles. The van der Waals surface area contributed by atoms with Gasteiger partial charge < -0.3 is 4.74 Å². The van der Waals surface area contributed by atoms with E-state index in [4.69, 9.17) is 4.74 Å². The third-order valence-corrected chi connectivity index (χ3v) is 6.13. The van der Waals surface area contributed by atoms with E-state index in [1.165, 1.54) is 6.92 Å². The van der Waals surface area contributed by atoms with Crippen LogP contribution in [-0.4, -0.2) is 41.1 Å². The number of hydrogen-bond donors (Lipinski definition) is 0. The minimum Gasteiger partial charge on any atom is -0.456 e. The van der Waals surface area contributed by atoms with Crippen LogP contribution in [0.25, 0.3) is 0 Å². The Morgan fingerprint density at radius 3 is 2.23 bits per heavy atom. The summed E-state index contributed by atoms with van der Waals surface area (Å²) in [5.41, 5.74) is 0.451. The van der Waals surface area contributed by atoms with Crippen molar-refractivity contribution in [1.82, 2.24) is 4.90 Å². The van der Waals surface area contributed by atoms with Crippen LogP contribution in [0, 0.1) is 23.7 Å². The molecule has 0 spiro atoms. The second-order valence-electron chi connectivity index (χ2n) is 7.50. The quantitative estimate of drug-likeness (QED) is 0.457. The van der Waals surface area contributed by atoms with Gasteiger partial charge in [-0.1, -0.05) is 30.3 Å². The molecule has 136 valence electrons. The van der Waals surface area contributed by atoms with Crippen LogP contribution in [0.15, 0.2) is 30.3 Å². The van der Waals surface area contributed by atoms with E-state index in [0.717, 1.165) is 24.2 Å². The Balaban J connectivity index is 1.40. The van der Waals surface area contributed by atoms with Crippen LogP contribution in [0.5, 0.6) is 0 Å². The van der Waals surface area contributed by atoms with Crippen molar-refractivity contribution in [3.8, 4) is 0 Å². The number of imide groups is 1. The Morgan fingerprint density at radius 1 is 1.08 bits per heavy atom. The molecule has 0 unspecified atom stereocenters. The molecule has 4 rings (SSSR count). The van der Waals surface area contributed by atoms with E-state index in [9.17, 15) is 19.2 Å². The fourth-order valence-corrected chi connectivity index (χ4v) is 4.88. The molecular weight excluding hydrogens is 334 g/mol. The Labute approximate surface area is 151 Å². The third-order valence-electron chi connectivity index (χ3n) is 6.13. The molecule has 3 fully saturated rings. The number of ketones is 1. The fraction of sp³-hybridized carbons (Fsp3) is 0.500. The topological polar surface area (TPSA) is 80.8 Å². The molecule has 5 atom stereocenters. The molecule has 1 aliphatic heterocycles. The summed E-state index contributed by atoms with van der Waals surface area (Å²) in [6, 6.07) is 7.54. The van der Waals surface area contributed by atoms with E-state index >= 15 is 0 Å². The summed E-state index contributed by atoms with van der Waals surface area (Å²) in [7, 11) is 0. The number of ether oxygens (including phenoxy) is 1. The number of hydrogen-bond acceptors (Lipinski definition) is 5. The highest BCUT2D eigenvalue weighted by Crippen LogP contribution is 2.56. The summed E-state index contributed by atoms with van der Waals surface area (Å²) in [6.45, 7) is 1.09. The normalized spacial score (nSPS) is 30.4. The van der Waals surface area contributed by atoms with Crippen molar-refractivity contribution in [2.45, 2.75) is 32.2 Å². The summed E-state index contributed by atoms with van der Waals surface area (Å²) in [5.74, 6) is -1.51. The van der Waals surface area contributed by atoms with Crippen molar-refractivity contribution < 1.29 is 23.9 Å². The average molecular weight is 355 g/mol. The summed E-state index contributed by atoms with van der Waals surface area (Å²) in [4.78, 5) is 50.9. The van der Waals surface area contributed by atoms with E-state index < -0.39 is 18.6 Å². The van der Waals surface area contributed by atoms with Gasteiger partial charge in [0, 0.05) is 5.56 Å². The van der Waals surface area contributed by atoms with Crippen molar-refractivity contribution in [1.29, 1.82) is 0 Å². The lowest BCUT2D eigenvalue weighted by Gasteiger charge is -2.22. The van der Waals surface area contributed by atoms with Gasteiger partial charge in [0.1, 0.15) is 6.04 Å². The van der Waals surface area contributed by atoms with Crippen molar-refractivity contribution in [3.63, 3.8) is 0 Å². The van der Waals surface area contributed by atoms with Crippen molar-refractivity contribution >= 4 is 23.6 Å². The maximum absolute atomic E-state index is 12.7. The molecule has 1 aromatic rings. The molecule has 0 aromatic heterocycles. The second kappa shape index (κ2) is 6.34. The molecule has 2 saturated carbocycles. The van der Waals surface area contributed by atoms with E-state index in [0.29, 0.717) is 5.56 Å². The van der Waals surface area contributed by atoms with Gasteiger partial charge in [-0.05, 0) is 38.0 Å². The summed E-state index contributed by atoms with van der Waals surface area (Å²) < 4.78 is 5.09. The van der Waals surface area contributed by atoms with Gasteiger partial charge in [0.25, 0.3) is 0 Å². The zero-order valence-electron chi connectivity index (χ0n) is 14.6. The number of nitrogens with zero attached hydrogens (tertiary/aromatic N) is 1. The summed E-state index contributed by atoms with van der Waals surface area (Å²) in [5, 5.41) is 0. The lowest BCUT2D eigenvalue weighted by Crippen LogP contribution is -2.45. The van der Waals surface area contributed by atoms with Crippen molar-refractivity contribution in [2.24, 2.45) is 23.7 Å². The molecule has 2 amide bonds. The minimum atomic E-state index is -0.997. The maximum atomic E-state index is 12.7. The lowest BCUT2D eigenvalue weighted by atomic mass is 9.81. The van der Waals surface area contributed by atoms with Gasteiger partial charge >= 0.3 is 5.97 Å². The molecule has 0 radical (unpaired) electrons. The van der Waals surface area contributed by atoms with Gasteiger partial charge in [0.2, 0.25) is 11.8 Å². The molecule has 1 heterocycles. The first kappa shape index (κ1) is 16.9. The van der Waals surface area contributed by atoms with Gasteiger partial charge in [-0.25, -0.2) is 4.79 Å². The van der Waals surface area contributed by atoms with Crippen molar-refractivity contribution in [3.05, 3.63) is 35.9 Å². The van der Waals surface area contributed by atoms with E-state index in [-0.39, 0.29) is 41.3 Å². The number of likely N-dealkylation sites (tertiary alicyclic amines) is 1. The third kappa shape index (κ3) is 2.55. The largest absolute Gasteiger partial charge is 0.456 e. The zero-order chi connectivity index (χ0) is 18.4. The van der Waals surface area contributed by atoms with Gasteiger partial charge in [0.15, 0.2) is 12.4 Å². The standard InChI is InChI=1S/C20H21NO5/c1-11(20(25)26-10-15(22)12-5-3-2-4-6-12)21-18(23)16-13-7-8-14(9-13)17(16)19(21)24/h2-6,11,13-14,16-17H,7-10H2,1H3/t11-,13-,14-,16-,17-/m0/s1. The van der Waals surface area contributed by atoms with Gasteiger partial charge in [-0.3, -0.25) is 19.3 Å². The van der Waals surface area contributed by atoms with Gasteiger partial charge in [-0.2, -0.15) is 0 Å². The first-order chi connectivity index (χ1) is 12.5. The molecule has 2 bridgehead atoms. The van der Waals surface area contributed by atoms with E-state index in [1.54, 1.807) is 30.3 Å². The number of carbonyl (C=O) groups is 4. The van der Waals surface area contributed by atoms with E-state index in [2.05, 4.69) is 0 Å². The highest BCUT2D eigenvalue weighted by molar-refractivity contribution is 6.08. The Bertz CT molecular complexity index is 746. The van der Waals surface area contributed by atoms with Crippen LogP contribution in [0.3, 0.4) is 0 Å². The molecule has 0 N–H and O–H groups in total. The number of carbonyl (C=O) groups excluding carboxylic acids is 4. The van der Waals surface area contributed by atoms with Gasteiger partial charge in [0.05, 0.1) is 11.8 Å². The van der Waals surface area contributed by atoms with Crippen molar-refractivity contribution in [2.75, 3.05) is 6.61 Å². The zero-order valence-corrected chi connectivity index (χ0v) is 14.6. The number of esters is 1. The molecular formula is C20H21NO5. The number of rotatable bonds is 5. The van der Waals surface area contributed by atoms with Gasteiger partial charge in [-0.15, -0.1) is 0 Å². The Morgan fingerprint density at radius 2 is 1.65 bits per heavy atom. The van der Waals surface area contributed by atoms with Crippen LogP contribution in [0.2, 0.25) is 0 Å². The molecule has 1 saturated heterocycles. The van der Waals surface area contributed by atoms with Crippen LogP contribution >= 0.6 is 0 Å². The predicted molar refractivity (Wildman–Crippen MR) is 90.9 cm³/mol. The molecule has 6 nitrogen and oxygen atoms in total. The Hall–Kier alpha value is -2.50. The predicted octanol–water partition coefficient (Wildman–Crippen LogP) is 1.83. The van der Waals surface area contributed by atoms with E-state index in [1.807, 2.05) is 0 Å². The number of amides is 2. The highest BCUT2D eigenvalue weighted by Gasteiger charge is 2.62.